The molecule has 0 unspecified atom stereocenters. The van der Waals surface area contributed by atoms with Crippen LogP contribution in [0.2, 0.25) is 0 Å². The number of rotatable bonds is 10. The van der Waals surface area contributed by atoms with Gasteiger partial charge >= 0.3 is 12.2 Å². The summed E-state index contributed by atoms with van der Waals surface area (Å²) in [5.74, 6) is -0.500. The number of nitriles is 1. The maximum absolute atomic E-state index is 13.0. The van der Waals surface area contributed by atoms with Crippen molar-refractivity contribution in [2.45, 2.75) is 43.9 Å². The van der Waals surface area contributed by atoms with Crippen molar-refractivity contribution in [3.63, 3.8) is 0 Å². The number of amides is 2. The van der Waals surface area contributed by atoms with Crippen LogP contribution < -0.4 is 22.1 Å². The summed E-state index contributed by atoms with van der Waals surface area (Å²) < 4.78 is 39.0. The van der Waals surface area contributed by atoms with Gasteiger partial charge in [0, 0.05) is 13.0 Å². The third-order valence-electron chi connectivity index (χ3n) is 4.50. The number of nitrogens with two attached hydrogens (primary N) is 2. The van der Waals surface area contributed by atoms with Gasteiger partial charge < -0.3 is 22.1 Å². The fourth-order valence-corrected chi connectivity index (χ4v) is 3.52. The van der Waals surface area contributed by atoms with Gasteiger partial charge in [-0.2, -0.15) is 23.4 Å². The largest absolute Gasteiger partial charge is 0.416 e. The van der Waals surface area contributed by atoms with Crippen LogP contribution in [0.1, 0.15) is 37.0 Å². The second-order valence-corrected chi connectivity index (χ2v) is 7.69. The monoisotopic (exact) mass is 497 g/mol. The Hall–Kier alpha value is -3.53. The Morgan fingerprint density at radius 2 is 2.00 bits per heavy atom. The summed E-state index contributed by atoms with van der Waals surface area (Å²) in [6.45, 7) is 0.178. The summed E-state index contributed by atoms with van der Waals surface area (Å²) in [7, 11) is 0. The van der Waals surface area contributed by atoms with Gasteiger partial charge in [-0.15, -0.1) is 11.8 Å². The summed E-state index contributed by atoms with van der Waals surface area (Å²) in [5.41, 5.74) is 10.2. The Morgan fingerprint density at radius 1 is 1.29 bits per heavy atom. The first kappa shape index (κ1) is 28.5. The van der Waals surface area contributed by atoms with Gasteiger partial charge in [0.15, 0.2) is 11.6 Å². The Balaban J connectivity index is 0.00000578. The highest BCUT2D eigenvalue weighted by Gasteiger charge is 2.31. The normalized spacial score (nSPS) is 11.6. The van der Waals surface area contributed by atoms with E-state index >= 15 is 0 Å². The smallest absolute Gasteiger partial charge is 0.368 e. The molecule has 0 radical (unpaired) electrons. The van der Waals surface area contributed by atoms with Crippen LogP contribution in [-0.2, 0) is 17.4 Å². The van der Waals surface area contributed by atoms with Gasteiger partial charge in [-0.1, -0.05) is 25.6 Å². The van der Waals surface area contributed by atoms with E-state index in [9.17, 15) is 28.0 Å². The number of thioether (sulfide) groups is 1. The molecular weight excluding hydrogens is 471 g/mol. The first-order valence-electron chi connectivity index (χ1n) is 9.65. The Kier molecular flexibility index (Phi) is 10.6. The molecule has 0 saturated carbocycles. The highest BCUT2D eigenvalue weighted by Crippen LogP contribution is 2.30. The number of benzene rings is 1. The second-order valence-electron chi connectivity index (χ2n) is 6.90. The number of halogens is 3. The molecule has 184 valence electrons. The molecular formula is C21H26F3N7O2S. The Labute approximate surface area is 199 Å². The first-order chi connectivity index (χ1) is 15.5. The predicted molar refractivity (Wildman–Crippen MR) is 124 cm³/mol. The van der Waals surface area contributed by atoms with Crippen LogP contribution in [-0.4, -0.2) is 40.6 Å². The minimum atomic E-state index is -4.54. The molecule has 0 aliphatic rings. The lowest BCUT2D eigenvalue weighted by Crippen LogP contribution is -2.34. The molecule has 1 aromatic heterocycles. The molecule has 34 heavy (non-hydrogen) atoms. The first-order valence-corrected chi connectivity index (χ1v) is 10.9. The van der Waals surface area contributed by atoms with Gasteiger partial charge in [0.2, 0.25) is 5.95 Å². The lowest BCUT2D eigenvalue weighted by molar-refractivity contribution is -0.137. The number of carbonyl (C=O) groups excluding carboxylic acids is 2. The number of nitrogens with one attached hydrogen (secondary N) is 2. The van der Waals surface area contributed by atoms with Gasteiger partial charge in [-0.25, -0.2) is 9.78 Å². The van der Waals surface area contributed by atoms with E-state index in [1.54, 1.807) is 6.26 Å². The number of carbonyl (C=O) groups is 2. The third-order valence-corrected chi connectivity index (χ3v) is 5.18. The zero-order valence-electron chi connectivity index (χ0n) is 17.6. The minimum Gasteiger partial charge on any atom is -0.368 e. The van der Waals surface area contributed by atoms with Crippen molar-refractivity contribution in [2.75, 3.05) is 23.9 Å². The number of ketones is 1. The van der Waals surface area contributed by atoms with Gasteiger partial charge in [0.25, 0.3) is 0 Å². The number of nitrogens with zero attached hydrogens (tertiary/aromatic N) is 3. The number of primary amides is 1. The van der Waals surface area contributed by atoms with Crippen LogP contribution in [0, 0.1) is 11.3 Å². The maximum Gasteiger partial charge on any atom is 0.416 e. The zero-order chi connectivity index (χ0) is 24.6. The topological polar surface area (TPSA) is 160 Å². The maximum atomic E-state index is 13.0. The summed E-state index contributed by atoms with van der Waals surface area (Å²) in [6.07, 6.45) is -2.62. The molecule has 1 heterocycles. The molecule has 0 fully saturated rings. The standard InChI is InChI=1S/C20H22F3N7O2S.CH4/c1-33-17-13(10-24)16(29-18(25)30-17)28-14(6-3-7-27-19(26)32)15(31)9-11-4-2-5-12(8-11)20(21,22)23;/h2,4-5,8,14H,3,6-7,9H2,1H3,(H3,26,27,32)(H3,25,28,29,30);1H4/t14-;/m0./s1. The summed E-state index contributed by atoms with van der Waals surface area (Å²) >= 11 is 1.17. The molecule has 0 saturated heterocycles. The fourth-order valence-electron chi connectivity index (χ4n) is 2.99. The van der Waals surface area contributed by atoms with E-state index in [1.165, 1.54) is 23.9 Å². The zero-order valence-corrected chi connectivity index (χ0v) is 18.4. The van der Waals surface area contributed by atoms with Crippen molar-refractivity contribution in [3.05, 3.63) is 41.0 Å². The highest BCUT2D eigenvalue weighted by atomic mass is 32.2. The predicted octanol–water partition coefficient (Wildman–Crippen LogP) is 3.35. The average molecular weight is 498 g/mol. The van der Waals surface area contributed by atoms with Gasteiger partial charge in [-0.3, -0.25) is 4.79 Å². The molecule has 2 amide bonds. The van der Waals surface area contributed by atoms with E-state index in [4.69, 9.17) is 11.5 Å². The van der Waals surface area contributed by atoms with Crippen molar-refractivity contribution in [2.24, 2.45) is 5.73 Å². The Morgan fingerprint density at radius 3 is 2.59 bits per heavy atom. The molecule has 2 rings (SSSR count). The lowest BCUT2D eigenvalue weighted by atomic mass is 9.98. The summed E-state index contributed by atoms with van der Waals surface area (Å²) in [4.78, 5) is 31.9. The van der Waals surface area contributed by atoms with Crippen molar-refractivity contribution >= 4 is 35.3 Å². The molecule has 13 heteroatoms. The molecule has 0 aliphatic heterocycles. The van der Waals surface area contributed by atoms with Crippen LogP contribution in [0.5, 0.6) is 0 Å². The average Bonchev–Trinajstić information content (AvgIpc) is 2.74. The Bertz CT molecular complexity index is 1060. The van der Waals surface area contributed by atoms with Crippen LogP contribution in [0.25, 0.3) is 0 Å². The van der Waals surface area contributed by atoms with E-state index in [0.29, 0.717) is 11.4 Å². The van der Waals surface area contributed by atoms with Crippen molar-refractivity contribution in [3.8, 4) is 6.07 Å². The summed E-state index contributed by atoms with van der Waals surface area (Å²) in [5, 5.41) is 15.1. The molecule has 2 aromatic rings. The quantitative estimate of drug-likeness (QED) is 0.221. The molecule has 0 bridgehead atoms. The number of nitrogen functional groups attached to an aromatic ring is 1. The number of alkyl halides is 3. The number of hydrogen-bond donors (Lipinski definition) is 4. The number of aromatic nitrogens is 2. The van der Waals surface area contributed by atoms with E-state index < -0.39 is 29.6 Å². The summed E-state index contributed by atoms with van der Waals surface area (Å²) in [6, 6.07) is 4.81. The van der Waals surface area contributed by atoms with Crippen LogP contribution >= 0.6 is 11.8 Å². The molecule has 6 N–H and O–H groups in total. The van der Waals surface area contributed by atoms with E-state index in [-0.39, 0.29) is 49.7 Å². The fraction of sp³-hybridized carbons (Fsp3) is 0.381. The lowest BCUT2D eigenvalue weighted by Gasteiger charge is -2.20. The number of urea groups is 1. The molecule has 9 nitrogen and oxygen atoms in total. The van der Waals surface area contributed by atoms with Crippen LogP contribution in [0.15, 0.2) is 29.3 Å². The second kappa shape index (κ2) is 12.6. The highest BCUT2D eigenvalue weighted by molar-refractivity contribution is 7.98. The number of Topliss-reactive ketones (excluding diaryl/α,β-unsaturated/α-hetero) is 1. The van der Waals surface area contributed by atoms with Gasteiger partial charge in [0.1, 0.15) is 16.7 Å². The minimum absolute atomic E-state index is 0. The van der Waals surface area contributed by atoms with Crippen LogP contribution in [0.3, 0.4) is 0 Å². The van der Waals surface area contributed by atoms with Crippen LogP contribution in [0.4, 0.5) is 29.7 Å². The molecule has 1 aromatic carbocycles. The number of anilines is 2. The van der Waals surface area contributed by atoms with E-state index in [0.717, 1.165) is 12.1 Å². The molecule has 0 aliphatic carbocycles. The number of hydrogen-bond acceptors (Lipinski definition) is 8. The van der Waals surface area contributed by atoms with Gasteiger partial charge in [-0.05, 0) is 30.7 Å². The molecule has 0 spiro atoms. The third kappa shape index (κ3) is 8.11. The SMILES string of the molecule is C.CSc1nc(N)nc(N[C@@H](CCCNC(N)=O)C(=O)Cc2cccc(C(F)(F)F)c2)c1C#N. The van der Waals surface area contributed by atoms with E-state index in [1.807, 2.05) is 6.07 Å². The van der Waals surface area contributed by atoms with Crippen molar-refractivity contribution < 1.29 is 22.8 Å². The van der Waals surface area contributed by atoms with Crippen molar-refractivity contribution in [1.82, 2.24) is 15.3 Å². The molecule has 1 atom stereocenters. The van der Waals surface area contributed by atoms with Gasteiger partial charge in [0.05, 0.1) is 11.6 Å². The van der Waals surface area contributed by atoms with E-state index in [2.05, 4.69) is 20.6 Å². The van der Waals surface area contributed by atoms with Crippen molar-refractivity contribution in [1.29, 1.82) is 5.26 Å².